The van der Waals surface area contributed by atoms with E-state index >= 15 is 0 Å². The molecule has 0 radical (unpaired) electrons. The van der Waals surface area contributed by atoms with Crippen molar-refractivity contribution >= 4 is 29.3 Å². The summed E-state index contributed by atoms with van der Waals surface area (Å²) in [7, 11) is 0. The lowest BCUT2D eigenvalue weighted by molar-refractivity contribution is -0.148. The molecule has 3 aromatic carbocycles. The van der Waals surface area contributed by atoms with E-state index in [2.05, 4.69) is 20.7 Å². The van der Waals surface area contributed by atoms with Crippen LogP contribution in [-0.2, 0) is 20.9 Å². The molecule has 1 aromatic heterocycles. The normalized spacial score (nSPS) is 10.5. The minimum atomic E-state index is -0.635. The predicted molar refractivity (Wildman–Crippen MR) is 120 cm³/mol. The molecule has 1 N–H and O–H groups in total. The average molecular weight is 446 g/mol. The molecule has 0 saturated carbocycles. The van der Waals surface area contributed by atoms with Crippen molar-refractivity contribution in [3.63, 3.8) is 0 Å². The number of carbonyl (C=O) groups is 2. The number of tetrazole rings is 1. The van der Waals surface area contributed by atoms with Gasteiger partial charge in [0.1, 0.15) is 0 Å². The molecule has 4 aromatic rings. The summed E-state index contributed by atoms with van der Waals surface area (Å²) in [6.45, 7) is -0.656. The van der Waals surface area contributed by atoms with E-state index in [0.717, 1.165) is 20.2 Å². The van der Waals surface area contributed by atoms with Crippen molar-refractivity contribution in [2.45, 2.75) is 16.3 Å². The summed E-state index contributed by atoms with van der Waals surface area (Å²) in [4.78, 5) is 27.5. The maximum absolute atomic E-state index is 12.3. The van der Waals surface area contributed by atoms with Gasteiger partial charge >= 0.3 is 5.97 Å². The Labute approximate surface area is 188 Å². The molecule has 0 aliphatic rings. The molecule has 0 spiro atoms. The number of hydrogen-bond donors (Lipinski definition) is 1. The zero-order valence-electron chi connectivity index (χ0n) is 16.9. The van der Waals surface area contributed by atoms with Gasteiger partial charge in [0.25, 0.3) is 5.91 Å². The number of nitrogens with zero attached hydrogens (tertiary/aromatic N) is 4. The van der Waals surface area contributed by atoms with Gasteiger partial charge in [0.15, 0.2) is 13.2 Å². The SMILES string of the molecule is O=C(COC(=O)Cn1nnc(-c2ccccc2)n1)Nc1ccccc1Sc1ccccc1. The summed E-state index contributed by atoms with van der Waals surface area (Å²) in [5.41, 5.74) is 1.44. The number of aromatic nitrogens is 4. The highest BCUT2D eigenvalue weighted by molar-refractivity contribution is 7.99. The molecule has 32 heavy (non-hydrogen) atoms. The van der Waals surface area contributed by atoms with Crippen LogP contribution in [0.3, 0.4) is 0 Å². The van der Waals surface area contributed by atoms with Crippen LogP contribution in [0.15, 0.2) is 94.7 Å². The summed E-state index contributed by atoms with van der Waals surface area (Å²) in [6, 6.07) is 26.6. The van der Waals surface area contributed by atoms with Crippen LogP contribution in [0.5, 0.6) is 0 Å². The van der Waals surface area contributed by atoms with E-state index in [0.29, 0.717) is 11.5 Å². The third-order valence-corrected chi connectivity index (χ3v) is 5.34. The number of ether oxygens (including phenoxy) is 1. The number of nitrogens with one attached hydrogen (secondary N) is 1. The van der Waals surface area contributed by atoms with Gasteiger partial charge in [-0.2, -0.15) is 4.80 Å². The predicted octanol–water partition coefficient (Wildman–Crippen LogP) is 3.67. The van der Waals surface area contributed by atoms with Crippen molar-refractivity contribution in [3.05, 3.63) is 84.9 Å². The standard InChI is InChI=1S/C23H19N5O3S/c29-21(24-19-13-7-8-14-20(19)32-18-11-5-2-6-12-18)16-31-22(30)15-28-26-23(25-27-28)17-9-3-1-4-10-17/h1-14H,15-16H2,(H,24,29). The van der Waals surface area contributed by atoms with Gasteiger partial charge in [0.05, 0.1) is 5.69 Å². The molecule has 0 unspecified atom stereocenters. The first-order chi connectivity index (χ1) is 15.7. The van der Waals surface area contributed by atoms with Crippen LogP contribution < -0.4 is 5.32 Å². The monoisotopic (exact) mass is 445 g/mol. The van der Waals surface area contributed by atoms with E-state index in [1.54, 1.807) is 6.07 Å². The van der Waals surface area contributed by atoms with Gasteiger partial charge in [-0.3, -0.25) is 4.79 Å². The molecule has 1 heterocycles. The largest absolute Gasteiger partial charge is 0.454 e. The van der Waals surface area contributed by atoms with Crippen molar-refractivity contribution in [2.75, 3.05) is 11.9 Å². The molecule has 9 heteroatoms. The second-order valence-electron chi connectivity index (χ2n) is 6.63. The van der Waals surface area contributed by atoms with Crippen molar-refractivity contribution in [1.82, 2.24) is 20.2 Å². The van der Waals surface area contributed by atoms with Crippen molar-refractivity contribution < 1.29 is 14.3 Å². The van der Waals surface area contributed by atoms with Crippen LogP contribution in [0.25, 0.3) is 11.4 Å². The lowest BCUT2D eigenvalue weighted by Gasteiger charge is -2.11. The van der Waals surface area contributed by atoms with Gasteiger partial charge in [-0.15, -0.1) is 10.2 Å². The summed E-state index contributed by atoms with van der Waals surface area (Å²) in [5.74, 6) is -0.663. The molecule has 0 fully saturated rings. The minimum absolute atomic E-state index is 0.243. The Hall–Kier alpha value is -3.98. The Morgan fingerprint density at radius 3 is 2.38 bits per heavy atom. The number of amides is 1. The van der Waals surface area contributed by atoms with E-state index in [1.165, 1.54) is 11.8 Å². The molecule has 4 rings (SSSR count). The fourth-order valence-corrected chi connectivity index (χ4v) is 3.70. The Morgan fingerprint density at radius 2 is 1.59 bits per heavy atom. The first-order valence-electron chi connectivity index (χ1n) is 9.78. The molecule has 0 atom stereocenters. The second kappa shape index (κ2) is 10.4. The van der Waals surface area contributed by atoms with Crippen LogP contribution in [0.4, 0.5) is 5.69 Å². The van der Waals surface area contributed by atoms with E-state index in [-0.39, 0.29) is 6.54 Å². The van der Waals surface area contributed by atoms with Crippen LogP contribution in [0.1, 0.15) is 0 Å². The Kier molecular flexibility index (Phi) is 6.88. The van der Waals surface area contributed by atoms with Gasteiger partial charge in [0, 0.05) is 15.4 Å². The fourth-order valence-electron chi connectivity index (χ4n) is 2.78. The van der Waals surface area contributed by atoms with Gasteiger partial charge < -0.3 is 10.1 Å². The summed E-state index contributed by atoms with van der Waals surface area (Å²) in [6.07, 6.45) is 0. The average Bonchev–Trinajstić information content (AvgIpc) is 3.29. The number of hydrogen-bond acceptors (Lipinski definition) is 7. The summed E-state index contributed by atoms with van der Waals surface area (Å²) in [5, 5.41) is 14.7. The Balaban J connectivity index is 1.29. The smallest absolute Gasteiger partial charge is 0.330 e. The number of para-hydroxylation sites is 1. The molecule has 0 aliphatic carbocycles. The van der Waals surface area contributed by atoms with Gasteiger partial charge in [-0.25, -0.2) is 4.79 Å². The molecule has 0 aliphatic heterocycles. The fraction of sp³-hybridized carbons (Fsp3) is 0.0870. The first kappa shape index (κ1) is 21.3. The zero-order valence-corrected chi connectivity index (χ0v) is 17.7. The van der Waals surface area contributed by atoms with Crippen LogP contribution in [0, 0.1) is 0 Å². The lowest BCUT2D eigenvalue weighted by atomic mass is 10.2. The third kappa shape index (κ3) is 5.79. The Bertz CT molecular complexity index is 1200. The number of rotatable bonds is 8. The maximum atomic E-state index is 12.3. The molecule has 0 bridgehead atoms. The minimum Gasteiger partial charge on any atom is -0.454 e. The van der Waals surface area contributed by atoms with Gasteiger partial charge in [-0.1, -0.05) is 72.4 Å². The number of esters is 1. The second-order valence-corrected chi connectivity index (χ2v) is 7.74. The van der Waals surface area contributed by atoms with Gasteiger partial charge in [-0.05, 0) is 29.5 Å². The number of carbonyl (C=O) groups excluding carboxylic acids is 2. The summed E-state index contributed by atoms with van der Waals surface area (Å²) >= 11 is 1.53. The van der Waals surface area contributed by atoms with E-state index in [1.807, 2.05) is 78.9 Å². The van der Waals surface area contributed by atoms with Crippen molar-refractivity contribution in [1.29, 1.82) is 0 Å². The van der Waals surface area contributed by atoms with Crippen LogP contribution in [-0.4, -0.2) is 38.7 Å². The first-order valence-corrected chi connectivity index (χ1v) is 10.6. The van der Waals surface area contributed by atoms with E-state index < -0.39 is 18.5 Å². The maximum Gasteiger partial charge on any atom is 0.330 e. The van der Waals surface area contributed by atoms with Crippen molar-refractivity contribution in [3.8, 4) is 11.4 Å². The highest BCUT2D eigenvalue weighted by Crippen LogP contribution is 2.33. The lowest BCUT2D eigenvalue weighted by Crippen LogP contribution is -2.23. The highest BCUT2D eigenvalue weighted by Gasteiger charge is 2.13. The molecular weight excluding hydrogens is 426 g/mol. The highest BCUT2D eigenvalue weighted by atomic mass is 32.2. The van der Waals surface area contributed by atoms with Gasteiger partial charge in [0.2, 0.25) is 5.82 Å². The van der Waals surface area contributed by atoms with Crippen LogP contribution in [0.2, 0.25) is 0 Å². The number of anilines is 1. The van der Waals surface area contributed by atoms with Crippen molar-refractivity contribution in [2.24, 2.45) is 0 Å². The molecule has 8 nitrogen and oxygen atoms in total. The van der Waals surface area contributed by atoms with E-state index in [4.69, 9.17) is 4.74 Å². The summed E-state index contributed by atoms with van der Waals surface area (Å²) < 4.78 is 5.07. The topological polar surface area (TPSA) is 99.0 Å². The molecule has 160 valence electrons. The number of benzene rings is 3. The molecule has 1 amide bonds. The third-order valence-electron chi connectivity index (χ3n) is 4.25. The van der Waals surface area contributed by atoms with E-state index in [9.17, 15) is 9.59 Å². The molecular formula is C23H19N5O3S. The quantitative estimate of drug-likeness (QED) is 0.413. The zero-order chi connectivity index (χ0) is 22.2. The Morgan fingerprint density at radius 1 is 0.906 bits per heavy atom. The molecule has 0 saturated heterocycles. The van der Waals surface area contributed by atoms with Crippen LogP contribution >= 0.6 is 11.8 Å².